The number of carboxylic acids is 1. The minimum absolute atomic E-state index is 0.240. The van der Waals surface area contributed by atoms with Gasteiger partial charge < -0.3 is 19.9 Å². The van der Waals surface area contributed by atoms with Crippen LogP contribution in [-0.2, 0) is 20.7 Å². The van der Waals surface area contributed by atoms with E-state index in [9.17, 15) is 22.8 Å². The number of halogens is 3. The summed E-state index contributed by atoms with van der Waals surface area (Å²) in [5.74, 6) is -1.30. The molecule has 0 heterocycles. The highest BCUT2D eigenvalue weighted by atomic mass is 19.4. The van der Waals surface area contributed by atoms with E-state index < -0.39 is 37.9 Å². The Hall–Kier alpha value is -2.29. The first-order valence-electron chi connectivity index (χ1n) is 6.61. The number of hydrogen-bond acceptors (Lipinski definition) is 4. The Morgan fingerprint density at radius 1 is 1.13 bits per heavy atom. The molecule has 0 atom stereocenters. The molecule has 0 aromatic heterocycles. The van der Waals surface area contributed by atoms with Crippen molar-refractivity contribution in [1.29, 1.82) is 0 Å². The van der Waals surface area contributed by atoms with Gasteiger partial charge in [0.2, 0.25) is 5.91 Å². The van der Waals surface area contributed by atoms with E-state index in [2.05, 4.69) is 10.1 Å². The Morgan fingerprint density at radius 2 is 1.78 bits per heavy atom. The van der Waals surface area contributed by atoms with Crippen LogP contribution in [0.2, 0.25) is 0 Å². The fourth-order valence-electron chi connectivity index (χ4n) is 1.55. The average molecular weight is 335 g/mol. The van der Waals surface area contributed by atoms with Gasteiger partial charge >= 0.3 is 12.1 Å². The molecule has 128 valence electrons. The van der Waals surface area contributed by atoms with Crippen molar-refractivity contribution in [3.05, 3.63) is 29.8 Å². The minimum Gasteiger partial charge on any atom is -0.482 e. The number of benzene rings is 1. The number of ether oxygens (including phenoxy) is 2. The fourth-order valence-corrected chi connectivity index (χ4v) is 1.55. The molecule has 0 aliphatic carbocycles. The second kappa shape index (κ2) is 8.99. The molecule has 0 saturated carbocycles. The molecular formula is C14H16F3NO5. The zero-order valence-electron chi connectivity index (χ0n) is 12.1. The van der Waals surface area contributed by atoms with Crippen LogP contribution in [0.3, 0.4) is 0 Å². The second-order valence-electron chi connectivity index (χ2n) is 4.53. The second-order valence-corrected chi connectivity index (χ2v) is 4.53. The van der Waals surface area contributed by atoms with Crippen LogP contribution in [0.25, 0.3) is 0 Å². The molecular weight excluding hydrogens is 319 g/mol. The first-order chi connectivity index (χ1) is 10.8. The quantitative estimate of drug-likeness (QED) is 0.712. The lowest BCUT2D eigenvalue weighted by molar-refractivity contribution is -0.175. The zero-order chi connectivity index (χ0) is 17.3. The standard InChI is InChI=1S/C14H16F3NO5/c15-14(16,17)9-22-7-12(19)18-6-5-10-1-3-11(4-2-10)23-8-13(20)21/h1-4H,5-9H2,(H,18,19)(H,20,21). The molecule has 2 N–H and O–H groups in total. The van der Waals surface area contributed by atoms with Gasteiger partial charge in [0.25, 0.3) is 0 Å². The van der Waals surface area contributed by atoms with E-state index in [0.717, 1.165) is 5.56 Å². The molecule has 1 rings (SSSR count). The summed E-state index contributed by atoms with van der Waals surface area (Å²) in [6.45, 7) is -2.31. The number of nitrogens with one attached hydrogen (secondary N) is 1. The third-order valence-electron chi connectivity index (χ3n) is 2.52. The van der Waals surface area contributed by atoms with Gasteiger partial charge in [-0.05, 0) is 24.1 Å². The summed E-state index contributed by atoms with van der Waals surface area (Å²) in [4.78, 5) is 21.6. The maximum atomic E-state index is 11.8. The molecule has 1 aromatic rings. The maximum Gasteiger partial charge on any atom is 0.411 e. The number of rotatable bonds is 9. The summed E-state index contributed by atoms with van der Waals surface area (Å²) in [6.07, 6.45) is -3.99. The first kappa shape index (κ1) is 18.8. The highest BCUT2D eigenvalue weighted by molar-refractivity contribution is 5.77. The lowest BCUT2D eigenvalue weighted by atomic mass is 10.1. The average Bonchev–Trinajstić information content (AvgIpc) is 2.45. The fraction of sp³-hybridized carbons (Fsp3) is 0.429. The van der Waals surface area contributed by atoms with Gasteiger partial charge in [-0.15, -0.1) is 0 Å². The van der Waals surface area contributed by atoms with Crippen molar-refractivity contribution in [2.75, 3.05) is 26.4 Å². The Bertz CT molecular complexity index is 516. The summed E-state index contributed by atoms with van der Waals surface area (Å²) in [6, 6.07) is 6.58. The van der Waals surface area contributed by atoms with Gasteiger partial charge in [0.1, 0.15) is 19.0 Å². The Kier molecular flexibility index (Phi) is 7.33. The lowest BCUT2D eigenvalue weighted by Gasteiger charge is -2.09. The van der Waals surface area contributed by atoms with E-state index in [-0.39, 0.29) is 6.54 Å². The molecule has 0 saturated heterocycles. The Morgan fingerprint density at radius 3 is 2.35 bits per heavy atom. The molecule has 23 heavy (non-hydrogen) atoms. The molecule has 0 aliphatic heterocycles. The van der Waals surface area contributed by atoms with Crippen LogP contribution >= 0.6 is 0 Å². The van der Waals surface area contributed by atoms with Gasteiger partial charge in [-0.3, -0.25) is 4.79 Å². The summed E-state index contributed by atoms with van der Waals surface area (Å²) < 4.78 is 44.6. The van der Waals surface area contributed by atoms with E-state index in [0.29, 0.717) is 12.2 Å². The van der Waals surface area contributed by atoms with Crippen LogP contribution < -0.4 is 10.1 Å². The van der Waals surface area contributed by atoms with Crippen LogP contribution in [0.4, 0.5) is 13.2 Å². The van der Waals surface area contributed by atoms with E-state index >= 15 is 0 Å². The van der Waals surface area contributed by atoms with E-state index in [4.69, 9.17) is 9.84 Å². The molecule has 1 amide bonds. The van der Waals surface area contributed by atoms with Crippen molar-refractivity contribution in [2.45, 2.75) is 12.6 Å². The van der Waals surface area contributed by atoms with Crippen molar-refractivity contribution in [2.24, 2.45) is 0 Å². The Balaban J connectivity index is 2.22. The van der Waals surface area contributed by atoms with Crippen molar-refractivity contribution < 1.29 is 37.3 Å². The molecule has 6 nitrogen and oxygen atoms in total. The molecule has 0 aliphatic rings. The number of carbonyl (C=O) groups is 2. The topological polar surface area (TPSA) is 84.9 Å². The van der Waals surface area contributed by atoms with Gasteiger partial charge in [-0.2, -0.15) is 13.2 Å². The van der Waals surface area contributed by atoms with Crippen LogP contribution in [0, 0.1) is 0 Å². The van der Waals surface area contributed by atoms with Crippen molar-refractivity contribution in [1.82, 2.24) is 5.32 Å². The monoisotopic (exact) mass is 335 g/mol. The van der Waals surface area contributed by atoms with Gasteiger partial charge in [0.05, 0.1) is 0 Å². The number of hydrogen-bond donors (Lipinski definition) is 2. The number of amides is 1. The van der Waals surface area contributed by atoms with Crippen molar-refractivity contribution in [3.8, 4) is 5.75 Å². The third kappa shape index (κ3) is 9.35. The van der Waals surface area contributed by atoms with E-state index in [1.54, 1.807) is 24.3 Å². The number of alkyl halides is 3. The highest BCUT2D eigenvalue weighted by Crippen LogP contribution is 2.14. The van der Waals surface area contributed by atoms with Crippen LogP contribution in [0.1, 0.15) is 5.56 Å². The van der Waals surface area contributed by atoms with Crippen LogP contribution in [0.5, 0.6) is 5.75 Å². The maximum absolute atomic E-state index is 11.8. The highest BCUT2D eigenvalue weighted by Gasteiger charge is 2.27. The normalized spacial score (nSPS) is 11.1. The lowest BCUT2D eigenvalue weighted by Crippen LogP contribution is -2.31. The molecule has 0 spiro atoms. The van der Waals surface area contributed by atoms with E-state index in [1.165, 1.54) is 0 Å². The molecule has 0 radical (unpaired) electrons. The van der Waals surface area contributed by atoms with E-state index in [1.807, 2.05) is 0 Å². The summed E-state index contributed by atoms with van der Waals surface area (Å²) in [7, 11) is 0. The molecule has 1 aromatic carbocycles. The third-order valence-corrected chi connectivity index (χ3v) is 2.52. The first-order valence-corrected chi connectivity index (χ1v) is 6.61. The Labute approximate surface area is 130 Å². The van der Waals surface area contributed by atoms with Crippen LogP contribution in [-0.4, -0.2) is 49.5 Å². The van der Waals surface area contributed by atoms with Gasteiger partial charge in [0.15, 0.2) is 6.61 Å². The largest absolute Gasteiger partial charge is 0.482 e. The van der Waals surface area contributed by atoms with Crippen molar-refractivity contribution in [3.63, 3.8) is 0 Å². The molecule has 9 heteroatoms. The smallest absolute Gasteiger partial charge is 0.411 e. The number of aliphatic carboxylic acids is 1. The summed E-state index contributed by atoms with van der Waals surface area (Å²) in [5.41, 5.74) is 0.851. The van der Waals surface area contributed by atoms with Crippen LogP contribution in [0.15, 0.2) is 24.3 Å². The predicted molar refractivity (Wildman–Crippen MR) is 73.2 cm³/mol. The summed E-state index contributed by atoms with van der Waals surface area (Å²) in [5, 5.41) is 10.9. The van der Waals surface area contributed by atoms with Gasteiger partial charge in [-0.25, -0.2) is 4.79 Å². The number of carbonyl (C=O) groups excluding carboxylic acids is 1. The SMILES string of the molecule is O=C(O)COc1ccc(CCNC(=O)COCC(F)(F)F)cc1. The summed E-state index contributed by atoms with van der Waals surface area (Å²) >= 11 is 0. The molecule has 0 bridgehead atoms. The number of carboxylic acid groups (broad SMARTS) is 1. The van der Waals surface area contributed by atoms with Gasteiger partial charge in [-0.1, -0.05) is 12.1 Å². The van der Waals surface area contributed by atoms with Gasteiger partial charge in [0, 0.05) is 6.54 Å². The predicted octanol–water partition coefficient (Wildman–Crippen LogP) is 1.39. The molecule has 0 fully saturated rings. The zero-order valence-corrected chi connectivity index (χ0v) is 12.1. The molecule has 0 unspecified atom stereocenters. The minimum atomic E-state index is -4.45. The van der Waals surface area contributed by atoms with Crippen molar-refractivity contribution >= 4 is 11.9 Å².